The first kappa shape index (κ1) is 24.4. The monoisotopic (exact) mass is 480 g/mol. The van der Waals surface area contributed by atoms with Gasteiger partial charge in [0.1, 0.15) is 17.5 Å². The lowest BCUT2D eigenvalue weighted by molar-refractivity contribution is 0.100. The van der Waals surface area contributed by atoms with Crippen molar-refractivity contribution < 1.29 is 13.6 Å². The Kier molecular flexibility index (Phi) is 7.45. The maximum absolute atomic E-state index is 14.0. The van der Waals surface area contributed by atoms with Crippen molar-refractivity contribution in [2.45, 2.75) is 26.4 Å². The van der Waals surface area contributed by atoms with Gasteiger partial charge in [0.2, 0.25) is 0 Å². The summed E-state index contributed by atoms with van der Waals surface area (Å²) in [4.78, 5) is 21.0. The molecule has 1 saturated heterocycles. The van der Waals surface area contributed by atoms with Crippen molar-refractivity contribution in [3.8, 4) is 0 Å². The lowest BCUT2D eigenvalue weighted by Crippen LogP contribution is -2.48. The summed E-state index contributed by atoms with van der Waals surface area (Å²) in [5, 5.41) is 6.19. The highest BCUT2D eigenvalue weighted by Crippen LogP contribution is 2.25. The second-order valence-corrected chi connectivity index (χ2v) is 8.86. The molecule has 0 bridgehead atoms. The van der Waals surface area contributed by atoms with E-state index >= 15 is 0 Å². The van der Waals surface area contributed by atoms with Crippen molar-refractivity contribution in [2.75, 3.05) is 41.7 Å². The Morgan fingerprint density at radius 2 is 1.77 bits per heavy atom. The zero-order chi connectivity index (χ0) is 24.9. The molecule has 1 aliphatic rings. The predicted octanol–water partition coefficient (Wildman–Crippen LogP) is 4.34. The Morgan fingerprint density at radius 3 is 2.43 bits per heavy atom. The SMILES string of the molecule is CC(C)N1CCN(c2ccc(Nc3cc(NCc4cc(F)ccc4F)c(C(N)=O)cn3)cc2)CC1. The summed E-state index contributed by atoms with van der Waals surface area (Å²) in [6.07, 6.45) is 1.36. The number of nitrogens with zero attached hydrogens (tertiary/aromatic N) is 3. The number of piperazine rings is 1. The molecule has 4 rings (SSSR count). The number of hydrogen-bond acceptors (Lipinski definition) is 6. The van der Waals surface area contributed by atoms with Gasteiger partial charge >= 0.3 is 0 Å². The number of benzene rings is 2. The van der Waals surface area contributed by atoms with Gasteiger partial charge in [-0.25, -0.2) is 13.8 Å². The largest absolute Gasteiger partial charge is 0.380 e. The zero-order valence-corrected chi connectivity index (χ0v) is 19.9. The fourth-order valence-corrected chi connectivity index (χ4v) is 4.14. The van der Waals surface area contributed by atoms with E-state index in [2.05, 4.69) is 51.4 Å². The highest BCUT2D eigenvalue weighted by molar-refractivity contribution is 5.98. The molecule has 0 atom stereocenters. The molecule has 3 aromatic rings. The third-order valence-corrected chi connectivity index (χ3v) is 6.20. The number of primary amides is 1. The number of aromatic nitrogens is 1. The number of nitrogens with one attached hydrogen (secondary N) is 2. The molecule has 0 radical (unpaired) electrons. The molecule has 0 spiro atoms. The third-order valence-electron chi connectivity index (χ3n) is 6.20. The highest BCUT2D eigenvalue weighted by Gasteiger charge is 2.19. The molecule has 1 aliphatic heterocycles. The molecule has 1 amide bonds. The second kappa shape index (κ2) is 10.7. The minimum atomic E-state index is -0.673. The standard InChI is InChI=1S/C26H30F2N6O/c1-17(2)33-9-11-34(12-10-33)21-6-4-20(5-7-21)32-25-14-24(22(16-31-25)26(29)35)30-15-18-13-19(27)3-8-23(18)28/h3-8,13-14,16-17H,9-12,15H2,1-2H3,(H2,29,35)(H2,30,31,32). The highest BCUT2D eigenvalue weighted by atomic mass is 19.1. The number of carbonyl (C=O) groups is 1. The van der Waals surface area contributed by atoms with Crippen LogP contribution in [0.5, 0.6) is 0 Å². The molecule has 4 N–H and O–H groups in total. The average molecular weight is 481 g/mol. The van der Waals surface area contributed by atoms with E-state index < -0.39 is 17.5 Å². The zero-order valence-electron chi connectivity index (χ0n) is 19.9. The summed E-state index contributed by atoms with van der Waals surface area (Å²) in [7, 11) is 0. The summed E-state index contributed by atoms with van der Waals surface area (Å²) in [5.74, 6) is -1.28. The normalized spacial score (nSPS) is 14.3. The van der Waals surface area contributed by atoms with Crippen LogP contribution in [0.1, 0.15) is 29.8 Å². The number of nitrogens with two attached hydrogens (primary N) is 1. The molecule has 35 heavy (non-hydrogen) atoms. The fourth-order valence-electron chi connectivity index (χ4n) is 4.14. The van der Waals surface area contributed by atoms with E-state index in [-0.39, 0.29) is 17.7 Å². The van der Waals surface area contributed by atoms with Crippen molar-refractivity contribution >= 4 is 28.8 Å². The van der Waals surface area contributed by atoms with Crippen molar-refractivity contribution in [2.24, 2.45) is 5.73 Å². The van der Waals surface area contributed by atoms with Crippen LogP contribution in [0.2, 0.25) is 0 Å². The Hall–Kier alpha value is -3.72. The summed E-state index contributed by atoms with van der Waals surface area (Å²) >= 11 is 0. The Labute approximate surface area is 203 Å². The Balaban J connectivity index is 1.44. The smallest absolute Gasteiger partial charge is 0.252 e. The van der Waals surface area contributed by atoms with Crippen LogP contribution in [0.15, 0.2) is 54.7 Å². The lowest BCUT2D eigenvalue weighted by atomic mass is 10.1. The van der Waals surface area contributed by atoms with Crippen LogP contribution >= 0.6 is 0 Å². The Bertz CT molecular complexity index is 1180. The second-order valence-electron chi connectivity index (χ2n) is 8.86. The van der Waals surface area contributed by atoms with Gasteiger partial charge in [-0.2, -0.15) is 0 Å². The van der Waals surface area contributed by atoms with E-state index in [0.29, 0.717) is 17.5 Å². The van der Waals surface area contributed by atoms with E-state index in [4.69, 9.17) is 5.73 Å². The van der Waals surface area contributed by atoms with Crippen LogP contribution < -0.4 is 21.3 Å². The molecule has 7 nitrogen and oxygen atoms in total. The van der Waals surface area contributed by atoms with Gasteiger partial charge in [-0.1, -0.05) is 0 Å². The quantitative estimate of drug-likeness (QED) is 0.445. The molecule has 2 aromatic carbocycles. The average Bonchev–Trinajstić information content (AvgIpc) is 2.85. The maximum Gasteiger partial charge on any atom is 0.252 e. The molecule has 184 valence electrons. The van der Waals surface area contributed by atoms with E-state index in [9.17, 15) is 13.6 Å². The number of carbonyl (C=O) groups excluding carboxylic acids is 1. The lowest BCUT2D eigenvalue weighted by Gasteiger charge is -2.38. The van der Waals surface area contributed by atoms with Gasteiger partial charge in [-0.15, -0.1) is 0 Å². The van der Waals surface area contributed by atoms with Gasteiger partial charge in [0.15, 0.2) is 0 Å². The first-order chi connectivity index (χ1) is 16.8. The summed E-state index contributed by atoms with van der Waals surface area (Å²) in [6.45, 7) is 8.49. The van der Waals surface area contributed by atoms with Crippen molar-refractivity contribution in [1.82, 2.24) is 9.88 Å². The summed E-state index contributed by atoms with van der Waals surface area (Å²) in [5.41, 5.74) is 8.13. The Morgan fingerprint density at radius 1 is 1.06 bits per heavy atom. The number of hydrogen-bond donors (Lipinski definition) is 3. The number of halogens is 2. The first-order valence-electron chi connectivity index (χ1n) is 11.6. The molecule has 0 saturated carbocycles. The number of anilines is 4. The van der Waals surface area contributed by atoms with E-state index in [0.717, 1.165) is 55.8 Å². The van der Waals surface area contributed by atoms with E-state index in [1.165, 1.54) is 6.20 Å². The number of amides is 1. The van der Waals surface area contributed by atoms with Gasteiger partial charge in [0.25, 0.3) is 5.91 Å². The van der Waals surface area contributed by atoms with Crippen LogP contribution in [0, 0.1) is 11.6 Å². The van der Waals surface area contributed by atoms with Gasteiger partial charge in [0.05, 0.1) is 11.3 Å². The predicted molar refractivity (Wildman–Crippen MR) is 135 cm³/mol. The molecule has 1 aromatic heterocycles. The molecular weight excluding hydrogens is 450 g/mol. The molecular formula is C26H30F2N6O. The fraction of sp³-hybridized carbons (Fsp3) is 0.308. The molecule has 0 unspecified atom stereocenters. The van der Waals surface area contributed by atoms with Crippen molar-refractivity contribution in [3.63, 3.8) is 0 Å². The molecule has 1 fully saturated rings. The van der Waals surface area contributed by atoms with Gasteiger partial charge < -0.3 is 21.3 Å². The van der Waals surface area contributed by atoms with Gasteiger partial charge in [0, 0.05) is 68.0 Å². The number of rotatable bonds is 8. The topological polar surface area (TPSA) is 86.5 Å². The minimum Gasteiger partial charge on any atom is -0.380 e. The van der Waals surface area contributed by atoms with Crippen molar-refractivity contribution in [3.05, 3.63) is 77.5 Å². The number of pyridine rings is 1. The van der Waals surface area contributed by atoms with Gasteiger partial charge in [-0.3, -0.25) is 9.69 Å². The van der Waals surface area contributed by atoms with Crippen LogP contribution in [0.4, 0.5) is 31.7 Å². The minimum absolute atomic E-state index is 0.0217. The first-order valence-corrected chi connectivity index (χ1v) is 11.6. The van der Waals surface area contributed by atoms with E-state index in [1.54, 1.807) is 6.07 Å². The van der Waals surface area contributed by atoms with Crippen LogP contribution in [-0.2, 0) is 6.54 Å². The van der Waals surface area contributed by atoms with Gasteiger partial charge in [-0.05, 0) is 56.3 Å². The third kappa shape index (κ3) is 6.05. The molecule has 9 heteroatoms. The van der Waals surface area contributed by atoms with Crippen molar-refractivity contribution in [1.29, 1.82) is 0 Å². The van der Waals surface area contributed by atoms with E-state index in [1.807, 2.05) is 12.1 Å². The molecule has 0 aliphatic carbocycles. The summed E-state index contributed by atoms with van der Waals surface area (Å²) < 4.78 is 27.5. The van der Waals surface area contributed by atoms with Crippen LogP contribution in [-0.4, -0.2) is 48.0 Å². The van der Waals surface area contributed by atoms with Crippen LogP contribution in [0.25, 0.3) is 0 Å². The molecule has 2 heterocycles. The van der Waals surface area contributed by atoms with Crippen LogP contribution in [0.3, 0.4) is 0 Å². The maximum atomic E-state index is 14.0. The summed E-state index contributed by atoms with van der Waals surface area (Å²) in [6, 6.07) is 13.5.